The fourth-order valence-electron chi connectivity index (χ4n) is 0. The summed E-state index contributed by atoms with van der Waals surface area (Å²) in [5.41, 5.74) is 4.17. The first-order valence-electron chi connectivity index (χ1n) is 0.569. The summed E-state index contributed by atoms with van der Waals surface area (Å²) in [6.07, 6.45) is 0.250. The van der Waals surface area contributed by atoms with E-state index in [0.29, 0.717) is 0 Å². The third-order valence-corrected chi connectivity index (χ3v) is 0. The Hall–Kier alpha value is 0.340. The standard InChI is InChI=1S/CH3NO.3ClH/c2-1-3;;;/h1H,(H2,2,3);3*1H. The van der Waals surface area contributed by atoms with Crippen LogP contribution in [0, 0.1) is 0 Å². The van der Waals surface area contributed by atoms with E-state index in [2.05, 4.69) is 5.73 Å². The summed E-state index contributed by atoms with van der Waals surface area (Å²) >= 11 is 0. The van der Waals surface area contributed by atoms with Gasteiger partial charge in [0.25, 0.3) is 0 Å². The SMILES string of the molecule is Cl.Cl.Cl.NC=O. The molecular weight excluding hydrogens is 148 g/mol. The van der Waals surface area contributed by atoms with Crippen LogP contribution in [0.1, 0.15) is 0 Å². The highest BCUT2D eigenvalue weighted by Crippen LogP contribution is 0.799. The molecule has 5 heteroatoms. The van der Waals surface area contributed by atoms with Crippen molar-refractivity contribution in [3.05, 3.63) is 0 Å². The molecule has 0 saturated heterocycles. The first-order valence-corrected chi connectivity index (χ1v) is 0.569. The summed E-state index contributed by atoms with van der Waals surface area (Å²) < 4.78 is 0. The van der Waals surface area contributed by atoms with Crippen molar-refractivity contribution in [3.8, 4) is 0 Å². The van der Waals surface area contributed by atoms with Crippen LogP contribution in [0.3, 0.4) is 0 Å². The van der Waals surface area contributed by atoms with E-state index in [9.17, 15) is 0 Å². The Morgan fingerprint density at radius 2 is 1.17 bits per heavy atom. The number of halogens is 3. The Morgan fingerprint density at radius 1 is 1.17 bits per heavy atom. The van der Waals surface area contributed by atoms with Crippen molar-refractivity contribution >= 4 is 43.6 Å². The third kappa shape index (κ3) is 419. The quantitative estimate of drug-likeness (QED) is 0.503. The van der Waals surface area contributed by atoms with Gasteiger partial charge in [-0.2, -0.15) is 0 Å². The predicted octanol–water partition coefficient (Wildman–Crippen LogP) is 0.367. The minimum atomic E-state index is 0. The maximum absolute atomic E-state index is 8.58. The molecule has 0 radical (unpaired) electrons. The van der Waals surface area contributed by atoms with Crippen molar-refractivity contribution in [2.24, 2.45) is 5.73 Å². The van der Waals surface area contributed by atoms with Gasteiger partial charge in [0, 0.05) is 0 Å². The zero-order valence-electron chi connectivity index (χ0n) is 2.79. The molecule has 0 saturated carbocycles. The number of hydrogen-bond acceptors (Lipinski definition) is 1. The zero-order chi connectivity index (χ0) is 2.71. The molecule has 0 bridgehead atoms. The average molecular weight is 154 g/mol. The van der Waals surface area contributed by atoms with Crippen molar-refractivity contribution in [3.63, 3.8) is 0 Å². The van der Waals surface area contributed by atoms with Gasteiger partial charge >= 0.3 is 0 Å². The minimum Gasteiger partial charge on any atom is -0.372 e. The molecule has 0 heterocycles. The van der Waals surface area contributed by atoms with E-state index < -0.39 is 0 Å². The van der Waals surface area contributed by atoms with Gasteiger partial charge in [0.05, 0.1) is 0 Å². The van der Waals surface area contributed by atoms with Crippen LogP contribution >= 0.6 is 37.2 Å². The first kappa shape index (κ1) is 33.0. The lowest BCUT2D eigenvalue weighted by molar-refractivity contribution is -0.106. The van der Waals surface area contributed by atoms with Crippen LogP contribution in [0.2, 0.25) is 0 Å². The number of nitrogens with two attached hydrogens (primary N) is 1. The lowest BCUT2D eigenvalue weighted by Gasteiger charge is -1.32. The summed E-state index contributed by atoms with van der Waals surface area (Å²) in [4.78, 5) is 8.58. The summed E-state index contributed by atoms with van der Waals surface area (Å²) in [5.74, 6) is 0. The van der Waals surface area contributed by atoms with Gasteiger partial charge < -0.3 is 5.73 Å². The number of amides is 1. The van der Waals surface area contributed by atoms with E-state index in [-0.39, 0.29) is 43.6 Å². The molecule has 0 aromatic rings. The topological polar surface area (TPSA) is 43.1 Å². The minimum absolute atomic E-state index is 0. The van der Waals surface area contributed by atoms with E-state index in [0.717, 1.165) is 0 Å². The Labute approximate surface area is 54.7 Å². The molecule has 0 aromatic heterocycles. The van der Waals surface area contributed by atoms with E-state index in [4.69, 9.17) is 4.79 Å². The van der Waals surface area contributed by atoms with Gasteiger partial charge in [-0.05, 0) is 0 Å². The summed E-state index contributed by atoms with van der Waals surface area (Å²) in [6, 6.07) is 0. The molecule has 6 heavy (non-hydrogen) atoms. The smallest absolute Gasteiger partial charge is 0.204 e. The largest absolute Gasteiger partial charge is 0.372 e. The number of hydrogen-bond donors (Lipinski definition) is 1. The summed E-state index contributed by atoms with van der Waals surface area (Å²) in [7, 11) is 0. The van der Waals surface area contributed by atoms with E-state index in [1.165, 1.54) is 0 Å². The van der Waals surface area contributed by atoms with Crippen LogP contribution in [0.5, 0.6) is 0 Å². The van der Waals surface area contributed by atoms with Gasteiger partial charge in [0.2, 0.25) is 6.41 Å². The molecule has 2 nitrogen and oxygen atoms in total. The Balaban J connectivity index is -0.00000000667. The number of carbonyl (C=O) groups excluding carboxylic acids is 1. The maximum Gasteiger partial charge on any atom is 0.204 e. The zero-order valence-corrected chi connectivity index (χ0v) is 5.24. The second-order valence-electron chi connectivity index (χ2n) is 0.136. The molecule has 0 aromatic carbocycles. The van der Waals surface area contributed by atoms with Crippen LogP contribution < -0.4 is 5.73 Å². The van der Waals surface area contributed by atoms with Crippen molar-refractivity contribution in [1.82, 2.24) is 0 Å². The van der Waals surface area contributed by atoms with Crippen LogP contribution in [-0.2, 0) is 4.79 Å². The average Bonchev–Trinajstić information content (AvgIpc) is 0.918. The number of primary amides is 1. The molecule has 0 fully saturated rings. The van der Waals surface area contributed by atoms with Crippen molar-refractivity contribution in [2.45, 2.75) is 0 Å². The van der Waals surface area contributed by atoms with Crippen molar-refractivity contribution in [1.29, 1.82) is 0 Å². The lowest BCUT2D eigenvalue weighted by Crippen LogP contribution is -1.82. The Morgan fingerprint density at radius 3 is 1.17 bits per heavy atom. The third-order valence-electron chi connectivity index (χ3n) is 0. The summed E-state index contributed by atoms with van der Waals surface area (Å²) in [5, 5.41) is 0. The second kappa shape index (κ2) is 56.0. The Bertz CT molecular complexity index is 18.3. The lowest BCUT2D eigenvalue weighted by atomic mass is 11.5. The maximum atomic E-state index is 8.58. The van der Waals surface area contributed by atoms with Gasteiger partial charge in [-0.1, -0.05) is 0 Å². The highest BCUT2D eigenvalue weighted by Gasteiger charge is 1.19. The molecule has 0 spiro atoms. The molecule has 0 aliphatic carbocycles. The molecule has 1 amide bonds. The van der Waals surface area contributed by atoms with Crippen molar-refractivity contribution in [2.75, 3.05) is 0 Å². The predicted molar refractivity (Wildman–Crippen MR) is 32.0 cm³/mol. The molecule has 0 unspecified atom stereocenters. The van der Waals surface area contributed by atoms with Crippen LogP contribution in [-0.4, -0.2) is 6.41 Å². The Kier molecular flexibility index (Phi) is 308. The summed E-state index contributed by atoms with van der Waals surface area (Å²) in [6.45, 7) is 0. The van der Waals surface area contributed by atoms with Gasteiger partial charge in [-0.25, -0.2) is 0 Å². The molecule has 42 valence electrons. The van der Waals surface area contributed by atoms with Gasteiger partial charge in [0.1, 0.15) is 0 Å². The highest BCUT2D eigenvalue weighted by molar-refractivity contribution is 5.86. The number of rotatable bonds is 0. The monoisotopic (exact) mass is 153 g/mol. The number of carbonyl (C=O) groups is 1. The fourth-order valence-corrected chi connectivity index (χ4v) is 0. The van der Waals surface area contributed by atoms with Crippen LogP contribution in [0.15, 0.2) is 0 Å². The molecule has 0 atom stereocenters. The molecule has 0 aliphatic heterocycles. The molecule has 0 rings (SSSR count). The van der Waals surface area contributed by atoms with E-state index in [1.807, 2.05) is 0 Å². The van der Waals surface area contributed by atoms with Gasteiger partial charge in [0.15, 0.2) is 0 Å². The van der Waals surface area contributed by atoms with Gasteiger partial charge in [-0.3, -0.25) is 4.79 Å². The fraction of sp³-hybridized carbons (Fsp3) is 0. The molecular formula is CH6Cl3NO. The van der Waals surface area contributed by atoms with E-state index in [1.54, 1.807) is 0 Å². The van der Waals surface area contributed by atoms with Crippen LogP contribution in [0.25, 0.3) is 0 Å². The molecule has 2 N–H and O–H groups in total. The highest BCUT2D eigenvalue weighted by atomic mass is 35.5. The van der Waals surface area contributed by atoms with E-state index >= 15 is 0 Å². The van der Waals surface area contributed by atoms with Crippen LogP contribution in [0.4, 0.5) is 0 Å². The van der Waals surface area contributed by atoms with Crippen molar-refractivity contribution < 1.29 is 4.79 Å². The first-order chi connectivity index (χ1) is 1.41. The molecule has 0 aliphatic rings. The van der Waals surface area contributed by atoms with Gasteiger partial charge in [-0.15, -0.1) is 37.2 Å². The normalized spacial score (nSPS) is 2.00. The second-order valence-corrected chi connectivity index (χ2v) is 0.136.